The predicted molar refractivity (Wildman–Crippen MR) is 90.9 cm³/mol. The number of carboxylic acids is 1. The molecule has 0 aromatic heterocycles. The van der Waals surface area contributed by atoms with Crippen LogP contribution in [0.15, 0.2) is 17.9 Å². The number of rotatable bonds is 4. The highest BCUT2D eigenvalue weighted by Crippen LogP contribution is 2.42. The maximum atomic E-state index is 12.1. The number of hydrogen-bond acceptors (Lipinski definition) is 4. The molecule has 1 aromatic carbocycles. The number of aliphatic hydroxyl groups excluding tert-OH is 1. The Morgan fingerprint density at radius 3 is 1.86 bits per heavy atom. The molecular formula is C11H7Br4ClO5. The molecule has 0 bridgehead atoms. The number of benzene rings is 1. The van der Waals surface area contributed by atoms with Crippen molar-refractivity contribution in [2.75, 3.05) is 0 Å². The summed E-state index contributed by atoms with van der Waals surface area (Å²) in [5, 5.41) is 18.0. The smallest absolute Gasteiger partial charge is 0.342 e. The normalized spacial score (nSPS) is 13.7. The summed E-state index contributed by atoms with van der Waals surface area (Å²) in [7, 11) is 0. The number of aromatic carboxylic acids is 1. The number of esters is 1. The average molecular weight is 574 g/mol. The molecule has 0 aliphatic rings. The van der Waals surface area contributed by atoms with Gasteiger partial charge in [-0.2, -0.15) is 0 Å². The third-order valence-electron chi connectivity index (χ3n) is 2.31. The number of hydrogen-bond donors (Lipinski definition) is 2. The van der Waals surface area contributed by atoms with Crippen molar-refractivity contribution < 1.29 is 24.5 Å². The molecule has 0 aliphatic carbocycles. The second-order valence-electron chi connectivity index (χ2n) is 3.78. The van der Waals surface area contributed by atoms with Gasteiger partial charge in [-0.3, -0.25) is 0 Å². The van der Waals surface area contributed by atoms with E-state index in [0.29, 0.717) is 8.95 Å². The molecule has 1 aromatic rings. The van der Waals surface area contributed by atoms with Crippen LogP contribution in [0, 0.1) is 0 Å². The Morgan fingerprint density at radius 1 is 1.05 bits per heavy atom. The topological polar surface area (TPSA) is 83.8 Å². The summed E-state index contributed by atoms with van der Waals surface area (Å²) < 4.78 is 5.91. The van der Waals surface area contributed by atoms with E-state index in [1.54, 1.807) is 0 Å². The molecule has 2 unspecified atom stereocenters. The fraction of sp³-hybridized carbons (Fsp3) is 0.273. The van der Waals surface area contributed by atoms with Crippen molar-refractivity contribution in [3.63, 3.8) is 0 Å². The number of aliphatic hydroxyl groups is 1. The zero-order valence-corrected chi connectivity index (χ0v) is 17.3. The van der Waals surface area contributed by atoms with Gasteiger partial charge >= 0.3 is 11.9 Å². The first kappa shape index (κ1) is 19.4. The number of carbonyl (C=O) groups excluding carboxylic acids is 1. The van der Waals surface area contributed by atoms with Crippen LogP contribution < -0.4 is 0 Å². The fourth-order valence-corrected chi connectivity index (χ4v) is 3.79. The van der Waals surface area contributed by atoms with Gasteiger partial charge in [-0.25, -0.2) is 9.59 Å². The van der Waals surface area contributed by atoms with Gasteiger partial charge in [0.2, 0.25) is 6.29 Å². The number of carbonyl (C=O) groups is 2. The van der Waals surface area contributed by atoms with Gasteiger partial charge in [0.1, 0.15) is 0 Å². The summed E-state index contributed by atoms with van der Waals surface area (Å²) in [4.78, 5) is 23.5. The maximum absolute atomic E-state index is 12.1. The van der Waals surface area contributed by atoms with Crippen molar-refractivity contribution in [3.8, 4) is 0 Å². The Hall–Kier alpha value is 0.330. The van der Waals surface area contributed by atoms with E-state index in [0.717, 1.165) is 0 Å². The highest BCUT2D eigenvalue weighted by molar-refractivity contribution is 9.15. The molecule has 21 heavy (non-hydrogen) atoms. The number of halogens is 5. The molecule has 0 radical (unpaired) electrons. The average Bonchev–Trinajstić information content (AvgIpc) is 2.39. The summed E-state index contributed by atoms with van der Waals surface area (Å²) in [5.74, 6) is -2.36. The second-order valence-corrected chi connectivity index (χ2v) is 7.64. The second kappa shape index (κ2) is 7.74. The monoisotopic (exact) mass is 570 g/mol. The quantitative estimate of drug-likeness (QED) is 0.182. The zero-order chi connectivity index (χ0) is 16.5. The zero-order valence-electron chi connectivity index (χ0n) is 10.2. The lowest BCUT2D eigenvalue weighted by Crippen LogP contribution is -2.26. The summed E-state index contributed by atoms with van der Waals surface area (Å²) in [6, 6.07) is 0. The fourth-order valence-electron chi connectivity index (χ4n) is 1.29. The molecule has 0 saturated carbocycles. The van der Waals surface area contributed by atoms with E-state index in [1.165, 1.54) is 6.92 Å². The van der Waals surface area contributed by atoms with E-state index in [2.05, 4.69) is 63.7 Å². The van der Waals surface area contributed by atoms with Crippen LogP contribution in [-0.4, -0.2) is 33.8 Å². The van der Waals surface area contributed by atoms with E-state index < -0.39 is 23.6 Å². The Labute approximate surface area is 158 Å². The van der Waals surface area contributed by atoms with Crippen LogP contribution in [0.5, 0.6) is 0 Å². The summed E-state index contributed by atoms with van der Waals surface area (Å²) >= 11 is 18.3. The van der Waals surface area contributed by atoms with Crippen LogP contribution in [0.4, 0.5) is 0 Å². The molecule has 0 aliphatic heterocycles. The molecule has 116 valence electrons. The Kier molecular flexibility index (Phi) is 7.14. The van der Waals surface area contributed by atoms with Crippen molar-refractivity contribution >= 4 is 87.3 Å². The Morgan fingerprint density at radius 2 is 1.48 bits per heavy atom. The molecule has 2 atom stereocenters. The third kappa shape index (κ3) is 4.20. The SMILES string of the molecule is CC(Cl)C(O)OC(=O)c1c(Br)c(Br)c(Br)c(Br)c1C(=O)O. The van der Waals surface area contributed by atoms with Crippen molar-refractivity contribution in [3.05, 3.63) is 29.0 Å². The van der Waals surface area contributed by atoms with Crippen LogP contribution in [0.25, 0.3) is 0 Å². The van der Waals surface area contributed by atoms with Gasteiger partial charge < -0.3 is 14.9 Å². The van der Waals surface area contributed by atoms with Gasteiger partial charge in [0, 0.05) is 17.9 Å². The van der Waals surface area contributed by atoms with Crippen LogP contribution in [0.3, 0.4) is 0 Å². The lowest BCUT2D eigenvalue weighted by Gasteiger charge is -2.17. The summed E-state index contributed by atoms with van der Waals surface area (Å²) in [5.41, 5.74) is -0.558. The third-order valence-corrected chi connectivity index (χ3v) is 7.29. The Balaban J connectivity index is 3.47. The van der Waals surface area contributed by atoms with E-state index >= 15 is 0 Å². The van der Waals surface area contributed by atoms with Gasteiger partial charge in [-0.15, -0.1) is 11.6 Å². The standard InChI is InChI=1S/C11H7Br4ClO5/c1-2(16)10(19)21-11(20)4-3(9(17)18)5(12)7(14)8(15)6(4)13/h2,10,19H,1H3,(H,17,18). The lowest BCUT2D eigenvalue weighted by molar-refractivity contribution is -0.0635. The molecule has 1 rings (SSSR count). The summed E-state index contributed by atoms with van der Waals surface area (Å²) in [6.45, 7) is 1.43. The van der Waals surface area contributed by atoms with Crippen molar-refractivity contribution in [2.45, 2.75) is 18.6 Å². The first-order chi connectivity index (χ1) is 9.59. The molecule has 0 amide bonds. The largest absolute Gasteiger partial charge is 0.478 e. The lowest BCUT2D eigenvalue weighted by atomic mass is 10.1. The molecule has 0 fully saturated rings. The first-order valence-electron chi connectivity index (χ1n) is 5.21. The highest BCUT2D eigenvalue weighted by atomic mass is 79.9. The molecule has 0 spiro atoms. The predicted octanol–water partition coefficient (Wildman–Crippen LogP) is 4.54. The Bertz CT molecular complexity index is 605. The van der Waals surface area contributed by atoms with E-state index in [1.807, 2.05) is 0 Å². The van der Waals surface area contributed by atoms with Crippen molar-refractivity contribution in [1.82, 2.24) is 0 Å². The van der Waals surface area contributed by atoms with Crippen molar-refractivity contribution in [1.29, 1.82) is 0 Å². The number of ether oxygens (including phenoxy) is 1. The molecular weight excluding hydrogens is 567 g/mol. The maximum Gasteiger partial charge on any atom is 0.342 e. The van der Waals surface area contributed by atoms with Crippen molar-refractivity contribution in [2.24, 2.45) is 0 Å². The van der Waals surface area contributed by atoms with Crippen LogP contribution in [-0.2, 0) is 4.74 Å². The summed E-state index contributed by atoms with van der Waals surface area (Å²) in [6.07, 6.45) is -1.56. The molecule has 5 nitrogen and oxygen atoms in total. The van der Waals surface area contributed by atoms with Crippen LogP contribution in [0.2, 0.25) is 0 Å². The van der Waals surface area contributed by atoms with Gasteiger partial charge in [0.15, 0.2) is 0 Å². The van der Waals surface area contributed by atoms with Gasteiger partial charge in [0.05, 0.1) is 16.5 Å². The molecule has 2 N–H and O–H groups in total. The number of alkyl halides is 1. The molecule has 10 heteroatoms. The van der Waals surface area contributed by atoms with Crippen LogP contribution >= 0.6 is 75.3 Å². The first-order valence-corrected chi connectivity index (χ1v) is 8.82. The van der Waals surface area contributed by atoms with Gasteiger partial charge in [-0.05, 0) is 70.6 Å². The van der Waals surface area contributed by atoms with Crippen LogP contribution in [0.1, 0.15) is 27.6 Å². The number of carboxylic acid groups (broad SMARTS) is 1. The van der Waals surface area contributed by atoms with E-state index in [4.69, 9.17) is 16.3 Å². The minimum absolute atomic E-state index is 0.158. The molecule has 0 saturated heterocycles. The van der Waals surface area contributed by atoms with Gasteiger partial charge in [-0.1, -0.05) is 0 Å². The van der Waals surface area contributed by atoms with E-state index in [9.17, 15) is 19.8 Å². The van der Waals surface area contributed by atoms with Gasteiger partial charge in [0.25, 0.3) is 0 Å². The minimum Gasteiger partial charge on any atom is -0.478 e. The highest BCUT2D eigenvalue weighted by Gasteiger charge is 2.30. The minimum atomic E-state index is -1.56. The van der Waals surface area contributed by atoms with E-state index in [-0.39, 0.29) is 20.1 Å². The molecule has 0 heterocycles.